The molecule has 9 nitrogen and oxygen atoms in total. The van der Waals surface area contributed by atoms with Crippen LogP contribution in [0.5, 0.6) is 0 Å². The molecule has 11 heteroatoms. The van der Waals surface area contributed by atoms with Crippen LogP contribution >= 0.6 is 11.6 Å². The normalized spacial score (nSPS) is 20.9. The first kappa shape index (κ1) is 22.3. The van der Waals surface area contributed by atoms with Crippen LogP contribution < -0.4 is 11.1 Å². The minimum atomic E-state index is -0.698. The number of aryl methyl sites for hydroxylation is 1. The number of rotatable bonds is 6. The van der Waals surface area contributed by atoms with E-state index in [0.717, 1.165) is 6.42 Å². The lowest BCUT2D eigenvalue weighted by molar-refractivity contribution is -0.140. The van der Waals surface area contributed by atoms with Crippen LogP contribution in [0, 0.1) is 18.7 Å². The van der Waals surface area contributed by atoms with Crippen molar-refractivity contribution in [2.45, 2.75) is 44.9 Å². The van der Waals surface area contributed by atoms with Gasteiger partial charge in [-0.3, -0.25) is 24.0 Å². The third-order valence-electron chi connectivity index (χ3n) is 6.54. The smallest absolute Gasteiger partial charge is 0.269 e. The minimum absolute atomic E-state index is 0.0113. The van der Waals surface area contributed by atoms with Gasteiger partial charge in [-0.05, 0) is 37.8 Å². The molecular formula is C23H22ClFN6O3. The zero-order valence-electron chi connectivity index (χ0n) is 18.3. The van der Waals surface area contributed by atoms with Gasteiger partial charge in [-0.15, -0.1) is 0 Å². The van der Waals surface area contributed by atoms with E-state index in [1.54, 1.807) is 36.2 Å². The van der Waals surface area contributed by atoms with Crippen molar-refractivity contribution in [2.24, 2.45) is 11.7 Å². The molecule has 3 aromatic rings. The number of pyridine rings is 1. The standard InChI is InChI=1S/C23H22ClFN6O3/c1-11-21-14(5-6-27-11)20(22(26)33)29-30(21)10-18(32)31-16-7-13(16)8-17(31)23(34)28-9-12-3-2-4-15(24)19(12)25/h2-6,13,16-17H,7-10H2,1H3,(H2,26,33)(H,28,34)/t13-,16-,17+/m1/s1. The molecule has 2 aromatic heterocycles. The van der Waals surface area contributed by atoms with E-state index in [2.05, 4.69) is 15.4 Å². The number of nitrogens with two attached hydrogens (primary N) is 1. The molecule has 3 amide bonds. The number of benzene rings is 1. The van der Waals surface area contributed by atoms with Gasteiger partial charge in [0.05, 0.1) is 16.2 Å². The van der Waals surface area contributed by atoms with Gasteiger partial charge in [-0.1, -0.05) is 23.7 Å². The summed E-state index contributed by atoms with van der Waals surface area (Å²) in [5, 5.41) is 7.50. The number of amides is 3. The van der Waals surface area contributed by atoms with Crippen molar-refractivity contribution in [3.63, 3.8) is 0 Å². The Hall–Kier alpha value is -3.53. The summed E-state index contributed by atoms with van der Waals surface area (Å²) in [6.07, 6.45) is 2.94. The predicted molar refractivity (Wildman–Crippen MR) is 121 cm³/mol. The Bertz CT molecular complexity index is 1340. The fourth-order valence-corrected chi connectivity index (χ4v) is 5.03. The number of primary amides is 1. The van der Waals surface area contributed by atoms with Gasteiger partial charge in [0.25, 0.3) is 5.91 Å². The SMILES string of the molecule is Cc1nccc2c(C(N)=O)nn(CC(=O)N3[C@@H]4C[C@@H]4C[C@H]3C(=O)NCc3cccc(Cl)c3F)c12. The molecule has 176 valence electrons. The number of carbonyl (C=O) groups is 3. The Labute approximate surface area is 199 Å². The van der Waals surface area contributed by atoms with Crippen LogP contribution in [-0.2, 0) is 22.7 Å². The molecule has 3 N–H and O–H groups in total. The maximum absolute atomic E-state index is 14.2. The number of nitrogens with zero attached hydrogens (tertiary/aromatic N) is 4. The second kappa shape index (κ2) is 8.35. The van der Waals surface area contributed by atoms with Crippen LogP contribution in [-0.4, -0.2) is 49.5 Å². The van der Waals surface area contributed by atoms with Crippen LogP contribution in [0.4, 0.5) is 4.39 Å². The van der Waals surface area contributed by atoms with Crippen LogP contribution in [0.2, 0.25) is 5.02 Å². The average Bonchev–Trinajstić information content (AvgIpc) is 3.29. The summed E-state index contributed by atoms with van der Waals surface area (Å²) in [7, 11) is 0. The Morgan fingerprint density at radius 1 is 1.26 bits per heavy atom. The monoisotopic (exact) mass is 484 g/mol. The highest BCUT2D eigenvalue weighted by molar-refractivity contribution is 6.30. The summed E-state index contributed by atoms with van der Waals surface area (Å²) in [6.45, 7) is 1.57. The van der Waals surface area contributed by atoms with E-state index in [0.29, 0.717) is 23.0 Å². The van der Waals surface area contributed by atoms with Crippen molar-refractivity contribution in [1.82, 2.24) is 25.0 Å². The van der Waals surface area contributed by atoms with Crippen LogP contribution in [0.15, 0.2) is 30.5 Å². The van der Waals surface area contributed by atoms with Crippen molar-refractivity contribution >= 4 is 40.2 Å². The molecule has 1 aliphatic heterocycles. The third kappa shape index (κ3) is 3.77. The highest BCUT2D eigenvalue weighted by Gasteiger charge is 2.56. The lowest BCUT2D eigenvalue weighted by Crippen LogP contribution is -2.48. The van der Waals surface area contributed by atoms with Gasteiger partial charge < -0.3 is 16.0 Å². The number of piperidine rings is 1. The Morgan fingerprint density at radius 3 is 2.82 bits per heavy atom. The number of nitrogens with one attached hydrogen (secondary N) is 1. The molecule has 1 saturated heterocycles. The Balaban J connectivity index is 1.35. The molecule has 1 aromatic carbocycles. The van der Waals surface area contributed by atoms with Gasteiger partial charge in [0.1, 0.15) is 18.4 Å². The first-order valence-electron chi connectivity index (χ1n) is 10.9. The molecule has 0 bridgehead atoms. The average molecular weight is 485 g/mol. The lowest BCUT2D eigenvalue weighted by Gasteiger charge is -2.27. The lowest BCUT2D eigenvalue weighted by atomic mass is 10.1. The van der Waals surface area contributed by atoms with E-state index in [-0.39, 0.29) is 53.1 Å². The zero-order valence-corrected chi connectivity index (χ0v) is 19.1. The summed E-state index contributed by atoms with van der Waals surface area (Å²) >= 11 is 5.81. The quantitative estimate of drug-likeness (QED) is 0.553. The number of halogens is 2. The molecule has 1 saturated carbocycles. The predicted octanol–water partition coefficient (Wildman–Crippen LogP) is 1.94. The molecule has 0 radical (unpaired) electrons. The van der Waals surface area contributed by atoms with Crippen LogP contribution in [0.25, 0.3) is 10.9 Å². The largest absolute Gasteiger partial charge is 0.364 e. The Kier molecular flexibility index (Phi) is 5.47. The van der Waals surface area contributed by atoms with Crippen molar-refractivity contribution < 1.29 is 18.8 Å². The first-order valence-corrected chi connectivity index (χ1v) is 11.3. The molecule has 0 spiro atoms. The molecule has 34 heavy (non-hydrogen) atoms. The van der Waals surface area contributed by atoms with Crippen molar-refractivity contribution in [3.05, 3.63) is 58.3 Å². The van der Waals surface area contributed by atoms with Gasteiger partial charge in [0.15, 0.2) is 5.69 Å². The number of hydrogen-bond donors (Lipinski definition) is 2. The summed E-state index contributed by atoms with van der Waals surface area (Å²) in [4.78, 5) is 44.0. The topological polar surface area (TPSA) is 123 Å². The van der Waals surface area contributed by atoms with Crippen molar-refractivity contribution in [2.75, 3.05) is 0 Å². The highest BCUT2D eigenvalue weighted by Crippen LogP contribution is 2.48. The summed E-state index contributed by atoms with van der Waals surface area (Å²) in [5.74, 6) is -1.65. The van der Waals surface area contributed by atoms with Gasteiger partial charge in [-0.2, -0.15) is 5.10 Å². The summed E-state index contributed by atoms with van der Waals surface area (Å²) in [5.41, 5.74) is 6.96. The number of carbonyl (C=O) groups excluding carboxylic acids is 3. The molecule has 0 unspecified atom stereocenters. The summed E-state index contributed by atoms with van der Waals surface area (Å²) in [6, 6.07) is 5.56. The molecule has 3 heterocycles. The number of likely N-dealkylation sites (tertiary alicyclic amines) is 1. The van der Waals surface area contributed by atoms with Gasteiger partial charge >= 0.3 is 0 Å². The number of hydrogen-bond acceptors (Lipinski definition) is 5. The second-order valence-corrected chi connectivity index (χ2v) is 9.12. The second-order valence-electron chi connectivity index (χ2n) is 8.71. The van der Waals surface area contributed by atoms with E-state index >= 15 is 0 Å². The van der Waals surface area contributed by atoms with Gasteiger partial charge in [0.2, 0.25) is 11.8 Å². The number of aromatic nitrogens is 3. The maximum atomic E-state index is 14.2. The summed E-state index contributed by atoms with van der Waals surface area (Å²) < 4.78 is 15.6. The maximum Gasteiger partial charge on any atom is 0.269 e. The van der Waals surface area contributed by atoms with E-state index in [1.807, 2.05) is 0 Å². The van der Waals surface area contributed by atoms with Crippen molar-refractivity contribution in [3.8, 4) is 0 Å². The Morgan fingerprint density at radius 2 is 2.06 bits per heavy atom. The molecule has 2 aliphatic rings. The van der Waals surface area contributed by atoms with E-state index in [9.17, 15) is 18.8 Å². The van der Waals surface area contributed by atoms with Crippen LogP contribution in [0.1, 0.15) is 34.6 Å². The fourth-order valence-electron chi connectivity index (χ4n) is 4.84. The number of fused-ring (bicyclic) bond motifs is 2. The fraction of sp³-hybridized carbons (Fsp3) is 0.348. The molecule has 2 fully saturated rings. The zero-order chi connectivity index (χ0) is 24.1. The van der Waals surface area contributed by atoms with E-state index < -0.39 is 17.8 Å². The third-order valence-corrected chi connectivity index (χ3v) is 6.83. The van der Waals surface area contributed by atoms with E-state index in [1.165, 1.54) is 10.7 Å². The van der Waals surface area contributed by atoms with Gasteiger partial charge in [0, 0.05) is 29.7 Å². The highest BCUT2D eigenvalue weighted by atomic mass is 35.5. The van der Waals surface area contributed by atoms with Crippen molar-refractivity contribution in [1.29, 1.82) is 0 Å². The minimum Gasteiger partial charge on any atom is -0.364 e. The van der Waals surface area contributed by atoms with Gasteiger partial charge in [-0.25, -0.2) is 4.39 Å². The molecular weight excluding hydrogens is 463 g/mol. The molecule has 3 atom stereocenters. The van der Waals surface area contributed by atoms with E-state index in [4.69, 9.17) is 17.3 Å². The first-order chi connectivity index (χ1) is 16.3. The molecule has 5 rings (SSSR count). The van der Waals surface area contributed by atoms with Crippen LogP contribution in [0.3, 0.4) is 0 Å². The molecule has 1 aliphatic carbocycles.